The smallest absolute Gasteiger partial charge is 0.307 e. The number of aliphatic carboxylic acids is 1. The van der Waals surface area contributed by atoms with Crippen LogP contribution in [0.5, 0.6) is 0 Å². The molecule has 0 aliphatic rings. The van der Waals surface area contributed by atoms with Crippen molar-refractivity contribution >= 4 is 21.9 Å². The number of carboxylic acid groups (broad SMARTS) is 1. The van der Waals surface area contributed by atoms with E-state index < -0.39 is 5.97 Å². The third kappa shape index (κ3) is 2.57. The summed E-state index contributed by atoms with van der Waals surface area (Å²) in [4.78, 5) is 10.7. The highest BCUT2D eigenvalue weighted by molar-refractivity contribution is 9.08. The Morgan fingerprint density at radius 3 is 2.73 bits per heavy atom. The summed E-state index contributed by atoms with van der Waals surface area (Å²) in [5.41, 5.74) is 2.96. The van der Waals surface area contributed by atoms with Crippen molar-refractivity contribution in [2.24, 2.45) is 0 Å². The standard InChI is InChI=1S/C11H10BrNO2/c1-7-8(5-12)2-3-9(6-13)10(7)4-11(14)15/h2-3H,4-5H2,1H3,(H,14,15). The quantitative estimate of drug-likeness (QED) is 0.856. The van der Waals surface area contributed by atoms with Crippen molar-refractivity contribution < 1.29 is 9.90 Å². The van der Waals surface area contributed by atoms with Crippen molar-refractivity contribution in [3.8, 4) is 6.07 Å². The number of halogens is 1. The molecule has 0 heterocycles. The molecule has 1 aromatic rings. The van der Waals surface area contributed by atoms with E-state index in [4.69, 9.17) is 10.4 Å². The van der Waals surface area contributed by atoms with Crippen molar-refractivity contribution in [1.82, 2.24) is 0 Å². The Morgan fingerprint density at radius 1 is 1.60 bits per heavy atom. The Bertz CT molecular complexity index is 435. The average Bonchev–Trinajstić information content (AvgIpc) is 2.20. The summed E-state index contributed by atoms with van der Waals surface area (Å²) in [6.07, 6.45) is -0.102. The van der Waals surface area contributed by atoms with Crippen LogP contribution in [0.15, 0.2) is 12.1 Å². The number of carbonyl (C=O) groups is 1. The number of nitrogens with zero attached hydrogens (tertiary/aromatic N) is 1. The second kappa shape index (κ2) is 4.94. The summed E-state index contributed by atoms with van der Waals surface area (Å²) in [5.74, 6) is -0.915. The molecule has 0 saturated carbocycles. The Morgan fingerprint density at radius 2 is 2.27 bits per heavy atom. The molecule has 0 saturated heterocycles. The van der Waals surface area contributed by atoms with Gasteiger partial charge in [-0.25, -0.2) is 0 Å². The summed E-state index contributed by atoms with van der Waals surface area (Å²) in [7, 11) is 0. The fraction of sp³-hybridized carbons (Fsp3) is 0.273. The maximum atomic E-state index is 10.7. The normalized spacial score (nSPS) is 9.67. The lowest BCUT2D eigenvalue weighted by molar-refractivity contribution is -0.136. The van der Waals surface area contributed by atoms with Crippen molar-refractivity contribution in [3.05, 3.63) is 34.4 Å². The molecule has 3 nitrogen and oxygen atoms in total. The van der Waals surface area contributed by atoms with Gasteiger partial charge in [-0.1, -0.05) is 22.0 Å². The molecule has 0 atom stereocenters. The number of benzene rings is 1. The molecule has 0 bridgehead atoms. The first kappa shape index (κ1) is 11.7. The van der Waals surface area contributed by atoms with Gasteiger partial charge in [0.2, 0.25) is 0 Å². The third-order valence-corrected chi connectivity index (χ3v) is 2.91. The average molecular weight is 268 g/mol. The van der Waals surface area contributed by atoms with Gasteiger partial charge < -0.3 is 5.11 Å². The first-order valence-electron chi connectivity index (χ1n) is 4.39. The first-order chi connectivity index (χ1) is 7.10. The molecule has 0 aliphatic carbocycles. The number of hydrogen-bond acceptors (Lipinski definition) is 2. The SMILES string of the molecule is Cc1c(CBr)ccc(C#N)c1CC(=O)O. The van der Waals surface area contributed by atoms with Gasteiger partial charge in [-0.3, -0.25) is 4.79 Å². The maximum Gasteiger partial charge on any atom is 0.307 e. The molecule has 15 heavy (non-hydrogen) atoms. The van der Waals surface area contributed by atoms with Gasteiger partial charge in [-0.15, -0.1) is 0 Å². The van der Waals surface area contributed by atoms with Gasteiger partial charge in [0.15, 0.2) is 0 Å². The lowest BCUT2D eigenvalue weighted by atomic mass is 9.96. The number of rotatable bonds is 3. The van der Waals surface area contributed by atoms with Crippen molar-refractivity contribution in [2.75, 3.05) is 0 Å². The first-order valence-corrected chi connectivity index (χ1v) is 5.51. The molecule has 1 aromatic carbocycles. The number of hydrogen-bond donors (Lipinski definition) is 1. The second-order valence-corrected chi connectivity index (χ2v) is 3.75. The van der Waals surface area contributed by atoms with Crippen LogP contribution in [0.4, 0.5) is 0 Å². The zero-order valence-electron chi connectivity index (χ0n) is 8.25. The van der Waals surface area contributed by atoms with Gasteiger partial charge in [0.05, 0.1) is 18.1 Å². The van der Waals surface area contributed by atoms with Gasteiger partial charge in [-0.05, 0) is 29.7 Å². The molecule has 0 radical (unpaired) electrons. The fourth-order valence-electron chi connectivity index (χ4n) is 1.43. The predicted octanol–water partition coefficient (Wildman–Crippen LogP) is 2.39. The highest BCUT2D eigenvalue weighted by Gasteiger charge is 2.12. The van der Waals surface area contributed by atoms with E-state index in [1.807, 2.05) is 19.1 Å². The van der Waals surface area contributed by atoms with E-state index >= 15 is 0 Å². The van der Waals surface area contributed by atoms with Crippen LogP contribution in [0.3, 0.4) is 0 Å². The van der Waals surface area contributed by atoms with Crippen LogP contribution in [-0.2, 0) is 16.5 Å². The molecule has 4 heteroatoms. The maximum absolute atomic E-state index is 10.7. The molecule has 78 valence electrons. The molecule has 0 aliphatic heterocycles. The zero-order valence-corrected chi connectivity index (χ0v) is 9.84. The van der Waals surface area contributed by atoms with Crippen LogP contribution in [0.1, 0.15) is 22.3 Å². The summed E-state index contributed by atoms with van der Waals surface area (Å²) in [6, 6.07) is 5.52. The van der Waals surface area contributed by atoms with Gasteiger partial charge in [0.1, 0.15) is 0 Å². The van der Waals surface area contributed by atoms with Gasteiger partial charge >= 0.3 is 5.97 Å². The van der Waals surface area contributed by atoms with Crippen molar-refractivity contribution in [1.29, 1.82) is 5.26 Å². The fourth-order valence-corrected chi connectivity index (χ4v) is 2.04. The third-order valence-electron chi connectivity index (χ3n) is 2.30. The Hall–Kier alpha value is -1.34. The molecular weight excluding hydrogens is 258 g/mol. The number of nitriles is 1. The van der Waals surface area contributed by atoms with Crippen LogP contribution in [0, 0.1) is 18.3 Å². The van der Waals surface area contributed by atoms with Gasteiger partial charge in [0.25, 0.3) is 0 Å². The summed E-state index contributed by atoms with van der Waals surface area (Å²) in [6.45, 7) is 1.84. The lowest BCUT2D eigenvalue weighted by Crippen LogP contribution is -2.06. The molecule has 0 amide bonds. The van der Waals surface area contributed by atoms with Crippen LogP contribution >= 0.6 is 15.9 Å². The largest absolute Gasteiger partial charge is 0.481 e. The summed E-state index contributed by atoms with van der Waals surface area (Å²) in [5, 5.41) is 18.3. The van der Waals surface area contributed by atoms with Gasteiger partial charge in [-0.2, -0.15) is 5.26 Å². The van der Waals surface area contributed by atoms with Crippen LogP contribution in [0.2, 0.25) is 0 Å². The minimum atomic E-state index is -0.915. The van der Waals surface area contributed by atoms with E-state index in [1.54, 1.807) is 6.07 Å². The van der Waals surface area contributed by atoms with E-state index in [0.29, 0.717) is 16.5 Å². The van der Waals surface area contributed by atoms with E-state index in [-0.39, 0.29) is 6.42 Å². The van der Waals surface area contributed by atoms with E-state index in [2.05, 4.69) is 15.9 Å². The van der Waals surface area contributed by atoms with Crippen molar-refractivity contribution in [2.45, 2.75) is 18.7 Å². The Balaban J connectivity index is 3.30. The van der Waals surface area contributed by atoms with E-state index in [9.17, 15) is 4.79 Å². The molecule has 1 rings (SSSR count). The molecule has 0 aromatic heterocycles. The molecule has 0 spiro atoms. The summed E-state index contributed by atoms with van der Waals surface area (Å²) >= 11 is 3.32. The van der Waals surface area contributed by atoms with Crippen LogP contribution in [0.25, 0.3) is 0 Å². The predicted molar refractivity (Wildman–Crippen MR) is 59.9 cm³/mol. The Labute approximate surface area is 96.5 Å². The topological polar surface area (TPSA) is 61.1 Å². The molecule has 0 fully saturated rings. The zero-order chi connectivity index (χ0) is 11.4. The number of carboxylic acids is 1. The molecule has 1 N–H and O–H groups in total. The van der Waals surface area contributed by atoms with Crippen LogP contribution < -0.4 is 0 Å². The Kier molecular flexibility index (Phi) is 3.87. The second-order valence-electron chi connectivity index (χ2n) is 3.19. The summed E-state index contributed by atoms with van der Waals surface area (Å²) < 4.78 is 0. The van der Waals surface area contributed by atoms with E-state index in [0.717, 1.165) is 11.1 Å². The van der Waals surface area contributed by atoms with Crippen molar-refractivity contribution in [3.63, 3.8) is 0 Å². The monoisotopic (exact) mass is 267 g/mol. The minimum absolute atomic E-state index is 0.102. The van der Waals surface area contributed by atoms with Crippen LogP contribution in [-0.4, -0.2) is 11.1 Å². The minimum Gasteiger partial charge on any atom is -0.481 e. The lowest BCUT2D eigenvalue weighted by Gasteiger charge is -2.09. The molecular formula is C11H10BrNO2. The highest BCUT2D eigenvalue weighted by Crippen LogP contribution is 2.20. The number of alkyl halides is 1. The van der Waals surface area contributed by atoms with Gasteiger partial charge in [0, 0.05) is 5.33 Å². The highest BCUT2D eigenvalue weighted by atomic mass is 79.9. The molecule has 0 unspecified atom stereocenters. The van der Waals surface area contributed by atoms with E-state index in [1.165, 1.54) is 0 Å².